The number of unbranched alkanes of at least 4 members (excludes halogenated alkanes) is 2. The molecule has 0 amide bonds. The summed E-state index contributed by atoms with van der Waals surface area (Å²) in [6, 6.07) is 0. The van der Waals surface area contributed by atoms with E-state index in [1.807, 2.05) is 13.8 Å². The normalized spacial score (nSPS) is 13.0. The first-order valence-electron chi connectivity index (χ1n) is 7.28. The Morgan fingerprint density at radius 1 is 0.870 bits per heavy atom. The van der Waals surface area contributed by atoms with Crippen molar-refractivity contribution >= 4 is 72.9 Å². The summed E-state index contributed by atoms with van der Waals surface area (Å²) in [5.41, 5.74) is 0. The van der Waals surface area contributed by atoms with E-state index in [9.17, 15) is 19.8 Å². The van der Waals surface area contributed by atoms with Gasteiger partial charge in [-0.05, 0) is 64.5 Å². The fraction of sp³-hybridized carbons (Fsp3) is 0.625. The summed E-state index contributed by atoms with van der Waals surface area (Å²) in [6.07, 6.45) is 10.5. The maximum Gasteiger partial charge on any atom is 2.00 e. The monoisotopic (exact) mass is 390 g/mol. The predicted octanol–water partition coefficient (Wildman–Crippen LogP) is 1.80. The molecule has 0 spiro atoms. The van der Waals surface area contributed by atoms with Gasteiger partial charge in [-0.3, -0.25) is 0 Å². The molecule has 0 N–H and O–H groups in total. The maximum absolute atomic E-state index is 9.87. The van der Waals surface area contributed by atoms with Crippen LogP contribution in [0.3, 0.4) is 0 Å². The molecule has 0 saturated carbocycles. The van der Waals surface area contributed by atoms with Gasteiger partial charge in [-0.15, -0.1) is 23.2 Å². The zero-order chi connectivity index (χ0) is 17.4. The molecule has 4 nitrogen and oxygen atoms in total. The molecule has 0 saturated heterocycles. The third-order valence-corrected chi connectivity index (χ3v) is 2.89. The van der Waals surface area contributed by atoms with Crippen molar-refractivity contribution in [2.75, 3.05) is 0 Å². The van der Waals surface area contributed by atoms with E-state index < -0.39 is 11.9 Å². The summed E-state index contributed by atoms with van der Waals surface area (Å²) >= 11 is 11.3. The van der Waals surface area contributed by atoms with Crippen LogP contribution in [0, 0.1) is 0 Å². The Kier molecular flexibility index (Phi) is 24.8. The molecule has 0 radical (unpaired) electrons. The fourth-order valence-electron chi connectivity index (χ4n) is 1.39. The van der Waals surface area contributed by atoms with E-state index in [4.69, 9.17) is 23.2 Å². The molecule has 7 heteroatoms. The summed E-state index contributed by atoms with van der Waals surface area (Å²) in [5.74, 6) is -2.27. The van der Waals surface area contributed by atoms with Gasteiger partial charge in [0.05, 0.1) is 11.9 Å². The minimum absolute atomic E-state index is 0. The van der Waals surface area contributed by atoms with Crippen LogP contribution in [0.1, 0.15) is 52.4 Å². The Morgan fingerprint density at radius 2 is 1.17 bits per heavy atom. The van der Waals surface area contributed by atoms with Crippen LogP contribution < -0.4 is 10.2 Å². The van der Waals surface area contributed by atoms with Crippen molar-refractivity contribution in [1.29, 1.82) is 0 Å². The van der Waals surface area contributed by atoms with Crippen LogP contribution >= 0.6 is 23.2 Å². The molecule has 0 fully saturated rings. The van der Waals surface area contributed by atoms with Gasteiger partial charge < -0.3 is 19.8 Å². The molecule has 23 heavy (non-hydrogen) atoms. The Hall–Kier alpha value is 0.260. The summed E-state index contributed by atoms with van der Waals surface area (Å²) in [7, 11) is 0. The quantitative estimate of drug-likeness (QED) is 0.246. The molecule has 0 aliphatic rings. The van der Waals surface area contributed by atoms with Crippen molar-refractivity contribution in [3.8, 4) is 0 Å². The fourth-order valence-corrected chi connectivity index (χ4v) is 1.70. The molecule has 0 aromatic rings. The van der Waals surface area contributed by atoms with E-state index in [-0.39, 0.29) is 48.5 Å². The zero-order valence-electron chi connectivity index (χ0n) is 13.8. The Bertz CT molecular complexity index is 322. The van der Waals surface area contributed by atoms with E-state index in [1.165, 1.54) is 0 Å². The summed E-state index contributed by atoms with van der Waals surface area (Å²) in [6.45, 7) is 3.84. The van der Waals surface area contributed by atoms with Crippen LogP contribution in [0.2, 0.25) is 0 Å². The van der Waals surface area contributed by atoms with Crippen molar-refractivity contribution in [1.82, 2.24) is 0 Å². The smallest absolute Gasteiger partial charge is 0.545 e. The first-order valence-corrected chi connectivity index (χ1v) is 8.16. The van der Waals surface area contributed by atoms with Gasteiger partial charge in [0.2, 0.25) is 0 Å². The second kappa shape index (κ2) is 20.3. The average Bonchev–Trinajstić information content (AvgIpc) is 2.37. The number of allylic oxidation sites excluding steroid dienone is 2. The molecule has 0 aromatic heterocycles. The Labute approximate surface area is 178 Å². The standard InChI is InChI=1S/2C8H13ClO2.Ca/c2*1-7(9)5-3-2-4-6-8(10)11;/h2*4,6-7H,2-3,5H2,1H3,(H,10,11);/q;;+2/p-2/b2*6-4+;. The molecule has 0 heterocycles. The van der Waals surface area contributed by atoms with E-state index in [2.05, 4.69) is 0 Å². The molecular formula is C16H24CaCl2O4. The maximum atomic E-state index is 9.87. The molecule has 2 unspecified atom stereocenters. The number of carbonyl (C=O) groups is 2. The van der Waals surface area contributed by atoms with Crippen molar-refractivity contribution in [2.45, 2.75) is 63.1 Å². The van der Waals surface area contributed by atoms with Gasteiger partial charge in [0.1, 0.15) is 0 Å². The van der Waals surface area contributed by atoms with Gasteiger partial charge in [-0.2, -0.15) is 0 Å². The van der Waals surface area contributed by atoms with Crippen LogP contribution in [-0.2, 0) is 9.59 Å². The first kappa shape index (κ1) is 28.1. The van der Waals surface area contributed by atoms with Gasteiger partial charge in [-0.1, -0.05) is 12.2 Å². The molecule has 0 bridgehead atoms. The zero-order valence-corrected chi connectivity index (χ0v) is 17.5. The molecule has 2 atom stereocenters. The number of halogens is 2. The van der Waals surface area contributed by atoms with Crippen LogP contribution in [0.25, 0.3) is 0 Å². The van der Waals surface area contributed by atoms with Crippen LogP contribution in [0.5, 0.6) is 0 Å². The number of carboxylic acid groups (broad SMARTS) is 2. The second-order valence-corrected chi connectivity index (χ2v) is 6.36. The van der Waals surface area contributed by atoms with Gasteiger partial charge in [-0.25, -0.2) is 0 Å². The summed E-state index contributed by atoms with van der Waals surface area (Å²) in [4.78, 5) is 19.7. The number of alkyl halides is 2. The third kappa shape index (κ3) is 34.6. The average molecular weight is 391 g/mol. The molecule has 0 aromatic carbocycles. The van der Waals surface area contributed by atoms with E-state index in [0.717, 1.165) is 50.7 Å². The van der Waals surface area contributed by atoms with Gasteiger partial charge in [0.15, 0.2) is 0 Å². The van der Waals surface area contributed by atoms with E-state index in [0.29, 0.717) is 0 Å². The predicted molar refractivity (Wildman–Crippen MR) is 92.4 cm³/mol. The van der Waals surface area contributed by atoms with Crippen molar-refractivity contribution in [3.63, 3.8) is 0 Å². The van der Waals surface area contributed by atoms with Crippen LogP contribution in [0.15, 0.2) is 24.3 Å². The van der Waals surface area contributed by atoms with Crippen molar-refractivity contribution in [3.05, 3.63) is 24.3 Å². The molecule has 0 aliphatic carbocycles. The number of hydrogen-bond acceptors (Lipinski definition) is 4. The SMILES string of the molecule is CC(Cl)CCC/C=C/C(=O)[O-].CC(Cl)CCC/C=C/C(=O)[O-].[Ca+2]. The minimum atomic E-state index is -1.14. The summed E-state index contributed by atoms with van der Waals surface area (Å²) in [5, 5.41) is 20.1. The van der Waals surface area contributed by atoms with Crippen LogP contribution in [-0.4, -0.2) is 60.4 Å². The largest absolute Gasteiger partial charge is 2.00 e. The van der Waals surface area contributed by atoms with Gasteiger partial charge >= 0.3 is 37.7 Å². The van der Waals surface area contributed by atoms with E-state index >= 15 is 0 Å². The molecular weight excluding hydrogens is 367 g/mol. The summed E-state index contributed by atoms with van der Waals surface area (Å²) < 4.78 is 0. The first-order chi connectivity index (χ1) is 10.3. The molecule has 0 aliphatic heterocycles. The number of carboxylic acids is 2. The Balaban J connectivity index is -0.000000333. The second-order valence-electron chi connectivity index (χ2n) is 4.87. The van der Waals surface area contributed by atoms with Crippen molar-refractivity contribution < 1.29 is 19.8 Å². The van der Waals surface area contributed by atoms with Gasteiger partial charge in [0, 0.05) is 10.8 Å². The number of hydrogen-bond donors (Lipinski definition) is 0. The van der Waals surface area contributed by atoms with E-state index in [1.54, 1.807) is 12.2 Å². The minimum Gasteiger partial charge on any atom is -0.545 e. The molecule has 128 valence electrons. The van der Waals surface area contributed by atoms with Gasteiger partial charge in [0.25, 0.3) is 0 Å². The third-order valence-electron chi connectivity index (χ3n) is 2.45. The van der Waals surface area contributed by atoms with Crippen LogP contribution in [0.4, 0.5) is 0 Å². The molecule has 0 rings (SSSR count). The number of rotatable bonds is 10. The number of aliphatic carboxylic acids is 2. The Morgan fingerprint density at radius 3 is 1.39 bits per heavy atom. The number of carbonyl (C=O) groups excluding carboxylic acids is 2. The topological polar surface area (TPSA) is 80.3 Å². The van der Waals surface area contributed by atoms with Crippen molar-refractivity contribution in [2.24, 2.45) is 0 Å².